The summed E-state index contributed by atoms with van der Waals surface area (Å²) in [6, 6.07) is 1.26. The topological polar surface area (TPSA) is 83.9 Å². The third-order valence-electron chi connectivity index (χ3n) is 17.7. The minimum absolute atomic E-state index is 0.0243. The van der Waals surface area contributed by atoms with E-state index in [2.05, 4.69) is 58.3 Å². The van der Waals surface area contributed by atoms with Crippen LogP contribution in [0.5, 0.6) is 0 Å². The van der Waals surface area contributed by atoms with Gasteiger partial charge in [-0.05, 0) is 131 Å². The molecule has 8 fully saturated rings. The minimum Gasteiger partial charge on any atom is -0.390 e. The lowest BCUT2D eigenvalue weighted by atomic mass is 9.41. The fourth-order valence-corrected chi connectivity index (χ4v) is 15.1. The molecule has 50 heavy (non-hydrogen) atoms. The lowest BCUT2D eigenvalue weighted by Gasteiger charge is -2.64. The van der Waals surface area contributed by atoms with E-state index in [9.17, 15) is 10.2 Å². The van der Waals surface area contributed by atoms with Crippen molar-refractivity contribution in [2.45, 2.75) is 175 Å². The van der Waals surface area contributed by atoms with Crippen molar-refractivity contribution in [2.24, 2.45) is 50.7 Å². The molecule has 0 aromatic rings. The van der Waals surface area contributed by atoms with Gasteiger partial charge in [0.2, 0.25) is 0 Å². The number of aliphatic hydroxyl groups excluding tert-OH is 1. The van der Waals surface area contributed by atoms with Crippen LogP contribution in [0.2, 0.25) is 0 Å². The van der Waals surface area contributed by atoms with Crippen molar-refractivity contribution in [3.63, 3.8) is 0 Å². The lowest BCUT2D eigenvalue weighted by Crippen LogP contribution is -2.64. The molecule has 0 aromatic carbocycles. The Kier molecular flexibility index (Phi) is 8.86. The molecule has 0 radical (unpaired) electrons. The summed E-state index contributed by atoms with van der Waals surface area (Å²) in [6.45, 7) is 28.2. The summed E-state index contributed by atoms with van der Waals surface area (Å²) < 4.78 is 26.5. The van der Waals surface area contributed by atoms with Crippen LogP contribution in [-0.4, -0.2) is 114 Å². The summed E-state index contributed by atoms with van der Waals surface area (Å²) in [6.07, 6.45) is 8.17. The van der Waals surface area contributed by atoms with Gasteiger partial charge in [-0.2, -0.15) is 0 Å². The molecule has 0 bridgehead atoms. The summed E-state index contributed by atoms with van der Waals surface area (Å²) in [5, 5.41) is 23.7. The highest BCUT2D eigenvalue weighted by Gasteiger charge is 2.84. The highest BCUT2D eigenvalue weighted by Crippen LogP contribution is 2.89. The van der Waals surface area contributed by atoms with E-state index in [0.717, 1.165) is 32.5 Å². The van der Waals surface area contributed by atoms with Crippen LogP contribution in [-0.2, 0) is 18.9 Å². The average Bonchev–Trinajstić information content (AvgIpc) is 3.64. The molecular formula is C42H72N2O6. The smallest absolute Gasteiger partial charge is 0.170 e. The largest absolute Gasteiger partial charge is 0.390 e. The van der Waals surface area contributed by atoms with E-state index in [4.69, 9.17) is 18.9 Å². The maximum Gasteiger partial charge on any atom is 0.170 e. The van der Waals surface area contributed by atoms with E-state index in [1.54, 1.807) is 0 Å². The molecule has 8 rings (SSSR count). The van der Waals surface area contributed by atoms with E-state index in [0.29, 0.717) is 53.2 Å². The highest BCUT2D eigenvalue weighted by atomic mass is 16.7. The fourth-order valence-electron chi connectivity index (χ4n) is 15.1. The summed E-state index contributed by atoms with van der Waals surface area (Å²) in [5.74, 6) is 1.86. The van der Waals surface area contributed by atoms with E-state index in [-0.39, 0.29) is 40.8 Å². The number of hydrogen-bond donors (Lipinski definition) is 2. The SMILES string of the molecule is CCO[C@@H]([C@H]1C[C@@H](C)[C@H]2[C@@H](O1)[C@H](O)[C@@]1(C)[C@@H]3CC[C@H]4C(C)(C)[C@@H](O[C@H]5CN(C6CN(C(C)C)C6)CCO5)CC[C@@]45C[C@@]35CC[C@]21C)C(C)(C)O. The predicted octanol–water partition coefficient (Wildman–Crippen LogP) is 6.11. The van der Waals surface area contributed by atoms with Gasteiger partial charge in [-0.1, -0.05) is 34.6 Å². The van der Waals surface area contributed by atoms with Gasteiger partial charge < -0.3 is 29.2 Å². The molecule has 3 heterocycles. The van der Waals surface area contributed by atoms with Crippen LogP contribution in [0.1, 0.15) is 121 Å². The Morgan fingerprint density at radius 1 is 0.960 bits per heavy atom. The van der Waals surface area contributed by atoms with E-state index in [1.807, 2.05) is 20.8 Å². The van der Waals surface area contributed by atoms with Gasteiger partial charge in [-0.15, -0.1) is 0 Å². The van der Waals surface area contributed by atoms with Crippen molar-refractivity contribution in [1.82, 2.24) is 9.80 Å². The number of aliphatic hydroxyl groups is 2. The van der Waals surface area contributed by atoms with Gasteiger partial charge >= 0.3 is 0 Å². The number of fused-ring (bicyclic) bond motifs is 4. The number of morpholine rings is 1. The zero-order chi connectivity index (χ0) is 35.8. The van der Waals surface area contributed by atoms with Crippen molar-refractivity contribution >= 4 is 0 Å². The van der Waals surface area contributed by atoms with E-state index >= 15 is 0 Å². The Balaban J connectivity index is 0.991. The minimum atomic E-state index is -1.01. The standard InChI is InChI=1S/C42H72N2O6/c1-11-47-36(38(7,8)46)28-20-26(4)33-34(49-28)35(45)40(10)30-13-12-29-37(5,6)31(14-15-41(29)24-42(30,41)17-16-39(33,40)9)50-32-23-43(18-19-48-32)27-21-44(22-27)25(2)3/h25-36,45-46H,11-24H2,1-10H3/t26-,28-,29+,30+,31+,32+,33+,34-,35+,36+,39-,40-,41-,42+/m1/s1. The molecule has 5 saturated carbocycles. The van der Waals surface area contributed by atoms with Gasteiger partial charge in [0.05, 0.1) is 36.6 Å². The molecule has 0 unspecified atom stereocenters. The molecule has 14 atom stereocenters. The maximum atomic E-state index is 12.6. The van der Waals surface area contributed by atoms with Crippen molar-refractivity contribution in [3.8, 4) is 0 Å². The third kappa shape index (κ3) is 4.96. The van der Waals surface area contributed by atoms with Gasteiger partial charge in [0.1, 0.15) is 6.10 Å². The lowest BCUT2D eigenvalue weighted by molar-refractivity contribution is -0.253. The quantitative estimate of drug-likeness (QED) is 0.314. The first kappa shape index (κ1) is 36.6. The molecule has 0 amide bonds. The van der Waals surface area contributed by atoms with E-state index in [1.165, 1.54) is 51.6 Å². The van der Waals surface area contributed by atoms with Crippen LogP contribution in [0.25, 0.3) is 0 Å². The van der Waals surface area contributed by atoms with Crippen molar-refractivity contribution in [2.75, 3.05) is 39.4 Å². The molecule has 3 saturated heterocycles. The first-order chi connectivity index (χ1) is 23.4. The maximum absolute atomic E-state index is 12.6. The summed E-state index contributed by atoms with van der Waals surface area (Å²) in [4.78, 5) is 5.19. The van der Waals surface area contributed by atoms with Gasteiger partial charge in [0.15, 0.2) is 6.29 Å². The second-order valence-corrected chi connectivity index (χ2v) is 20.7. The van der Waals surface area contributed by atoms with E-state index < -0.39 is 17.8 Å². The Hall–Kier alpha value is -0.320. The first-order valence-corrected chi connectivity index (χ1v) is 20.9. The second kappa shape index (κ2) is 12.1. The zero-order valence-electron chi connectivity index (χ0n) is 33.2. The number of nitrogens with zero attached hydrogens (tertiary/aromatic N) is 2. The number of hydrogen-bond acceptors (Lipinski definition) is 8. The molecule has 2 N–H and O–H groups in total. The van der Waals surface area contributed by atoms with Crippen molar-refractivity contribution < 1.29 is 29.2 Å². The van der Waals surface area contributed by atoms with Crippen LogP contribution in [0.4, 0.5) is 0 Å². The molecule has 8 heteroatoms. The monoisotopic (exact) mass is 701 g/mol. The molecule has 8 aliphatic rings. The summed E-state index contributed by atoms with van der Waals surface area (Å²) >= 11 is 0. The van der Waals surface area contributed by atoms with Crippen LogP contribution < -0.4 is 0 Å². The Bertz CT molecular complexity index is 1280. The van der Waals surface area contributed by atoms with Crippen molar-refractivity contribution in [1.29, 1.82) is 0 Å². The second-order valence-electron chi connectivity index (χ2n) is 20.7. The van der Waals surface area contributed by atoms with Crippen LogP contribution in [0, 0.1) is 50.7 Å². The Morgan fingerprint density at radius 2 is 1.66 bits per heavy atom. The average molecular weight is 701 g/mol. The van der Waals surface area contributed by atoms with Crippen LogP contribution >= 0.6 is 0 Å². The molecular weight excluding hydrogens is 628 g/mol. The fraction of sp³-hybridized carbons (Fsp3) is 1.00. The number of ether oxygens (including phenoxy) is 4. The molecule has 8 nitrogen and oxygen atoms in total. The number of likely N-dealkylation sites (tertiary alicyclic amines) is 1. The van der Waals surface area contributed by atoms with Gasteiger partial charge in [-0.25, -0.2) is 0 Å². The van der Waals surface area contributed by atoms with Gasteiger partial charge in [0, 0.05) is 50.3 Å². The summed E-state index contributed by atoms with van der Waals surface area (Å²) in [5.41, 5.74) is -0.421. The first-order valence-electron chi connectivity index (χ1n) is 20.9. The Labute approximate surface area is 303 Å². The molecule has 2 spiro atoms. The molecule has 3 aliphatic heterocycles. The molecule has 286 valence electrons. The van der Waals surface area contributed by atoms with Crippen LogP contribution in [0.3, 0.4) is 0 Å². The van der Waals surface area contributed by atoms with Crippen LogP contribution in [0.15, 0.2) is 0 Å². The predicted molar refractivity (Wildman–Crippen MR) is 194 cm³/mol. The normalized spacial score (nSPS) is 51.2. The third-order valence-corrected chi connectivity index (χ3v) is 17.7. The van der Waals surface area contributed by atoms with Gasteiger partial charge in [0.25, 0.3) is 0 Å². The highest BCUT2D eigenvalue weighted by molar-refractivity contribution is 5.33. The number of rotatable bonds is 8. The van der Waals surface area contributed by atoms with Crippen molar-refractivity contribution in [3.05, 3.63) is 0 Å². The molecule has 5 aliphatic carbocycles. The van der Waals surface area contributed by atoms with Gasteiger partial charge in [-0.3, -0.25) is 9.80 Å². The zero-order valence-corrected chi connectivity index (χ0v) is 33.2. The summed E-state index contributed by atoms with van der Waals surface area (Å²) in [7, 11) is 0. The molecule has 0 aromatic heterocycles. The Morgan fingerprint density at radius 3 is 2.34 bits per heavy atom.